The highest BCUT2D eigenvalue weighted by molar-refractivity contribution is 14.0. The fourth-order valence-corrected chi connectivity index (χ4v) is 3.55. The molecule has 1 fully saturated rings. The summed E-state index contributed by atoms with van der Waals surface area (Å²) >= 11 is 0. The Morgan fingerprint density at radius 2 is 2.07 bits per heavy atom. The van der Waals surface area contributed by atoms with Crippen molar-refractivity contribution in [2.45, 2.75) is 52.0 Å². The molecule has 0 bridgehead atoms. The van der Waals surface area contributed by atoms with Gasteiger partial charge in [-0.05, 0) is 25.8 Å². The van der Waals surface area contributed by atoms with E-state index in [1.807, 2.05) is 13.0 Å². The van der Waals surface area contributed by atoms with E-state index in [0.29, 0.717) is 18.5 Å². The summed E-state index contributed by atoms with van der Waals surface area (Å²) in [7, 11) is 0. The minimum Gasteiger partial charge on any atom is -0.357 e. The lowest BCUT2D eigenvalue weighted by Crippen LogP contribution is -2.44. The number of halogens is 3. The SMILES string of the molecule is CCNC(=NCc1nccn1C(F)F)NC1CC(C)N(Cc2ccccc2)C1.I. The average molecular weight is 518 g/mol. The van der Waals surface area contributed by atoms with Crippen molar-refractivity contribution in [2.24, 2.45) is 4.99 Å². The Bertz CT molecular complexity index is 767. The number of aromatic nitrogens is 2. The van der Waals surface area contributed by atoms with Crippen LogP contribution in [0.5, 0.6) is 0 Å². The van der Waals surface area contributed by atoms with Gasteiger partial charge in [0.25, 0.3) is 0 Å². The smallest absolute Gasteiger partial charge is 0.319 e. The molecule has 2 heterocycles. The molecule has 0 aliphatic carbocycles. The van der Waals surface area contributed by atoms with Crippen molar-refractivity contribution in [3.05, 3.63) is 54.1 Å². The second-order valence-electron chi connectivity index (χ2n) is 7.06. The van der Waals surface area contributed by atoms with Gasteiger partial charge < -0.3 is 10.6 Å². The molecule has 1 aromatic carbocycles. The first-order valence-electron chi connectivity index (χ1n) is 9.69. The highest BCUT2D eigenvalue weighted by Crippen LogP contribution is 2.20. The van der Waals surface area contributed by atoms with E-state index >= 15 is 0 Å². The zero-order valence-corrected chi connectivity index (χ0v) is 19.1. The summed E-state index contributed by atoms with van der Waals surface area (Å²) in [6, 6.07) is 11.1. The Morgan fingerprint density at radius 3 is 2.76 bits per heavy atom. The number of guanidine groups is 1. The third-order valence-electron chi connectivity index (χ3n) is 4.96. The summed E-state index contributed by atoms with van der Waals surface area (Å²) in [4.78, 5) is 10.9. The summed E-state index contributed by atoms with van der Waals surface area (Å²) in [5, 5.41) is 6.64. The molecule has 2 aromatic rings. The molecule has 0 spiro atoms. The molecule has 9 heteroatoms. The number of hydrogen-bond donors (Lipinski definition) is 2. The molecule has 1 aliphatic heterocycles. The van der Waals surface area contributed by atoms with E-state index in [-0.39, 0.29) is 42.4 Å². The predicted octanol–water partition coefficient (Wildman–Crippen LogP) is 3.61. The van der Waals surface area contributed by atoms with Gasteiger partial charge in [0.15, 0.2) is 5.96 Å². The summed E-state index contributed by atoms with van der Waals surface area (Å²) < 4.78 is 26.8. The van der Waals surface area contributed by atoms with Crippen LogP contribution in [-0.2, 0) is 13.1 Å². The van der Waals surface area contributed by atoms with Gasteiger partial charge in [-0.2, -0.15) is 8.78 Å². The zero-order valence-electron chi connectivity index (χ0n) is 16.8. The van der Waals surface area contributed by atoms with Gasteiger partial charge in [0.2, 0.25) is 0 Å². The normalized spacial score (nSPS) is 20.0. The molecule has 160 valence electrons. The summed E-state index contributed by atoms with van der Waals surface area (Å²) in [5.74, 6) is 0.878. The number of imidazole rings is 1. The molecule has 0 amide bonds. The monoisotopic (exact) mass is 518 g/mol. The van der Waals surface area contributed by atoms with Gasteiger partial charge in [-0.15, -0.1) is 24.0 Å². The first-order valence-corrected chi connectivity index (χ1v) is 9.69. The van der Waals surface area contributed by atoms with E-state index in [2.05, 4.69) is 56.7 Å². The number of nitrogens with zero attached hydrogens (tertiary/aromatic N) is 4. The van der Waals surface area contributed by atoms with Gasteiger partial charge in [-0.3, -0.25) is 9.47 Å². The van der Waals surface area contributed by atoms with Gasteiger partial charge in [-0.1, -0.05) is 30.3 Å². The maximum Gasteiger partial charge on any atom is 0.319 e. The molecule has 29 heavy (non-hydrogen) atoms. The first-order chi connectivity index (χ1) is 13.6. The fourth-order valence-electron chi connectivity index (χ4n) is 3.55. The maximum absolute atomic E-state index is 13.0. The lowest BCUT2D eigenvalue weighted by molar-refractivity contribution is 0.0671. The number of likely N-dealkylation sites (tertiary alicyclic amines) is 1. The van der Waals surface area contributed by atoms with Gasteiger partial charge in [0, 0.05) is 44.1 Å². The Hall–Kier alpha value is -1.75. The summed E-state index contributed by atoms with van der Waals surface area (Å²) in [6.45, 7) is 4.23. The van der Waals surface area contributed by atoms with Crippen molar-refractivity contribution in [1.82, 2.24) is 25.1 Å². The molecular formula is C20H29F2IN6. The van der Waals surface area contributed by atoms with Gasteiger partial charge in [0.05, 0.1) is 0 Å². The van der Waals surface area contributed by atoms with Crippen LogP contribution in [0.1, 0.15) is 38.2 Å². The van der Waals surface area contributed by atoms with E-state index in [4.69, 9.17) is 0 Å². The number of nitrogens with one attached hydrogen (secondary N) is 2. The molecule has 0 radical (unpaired) electrons. The number of alkyl halides is 2. The van der Waals surface area contributed by atoms with Crippen LogP contribution in [0.4, 0.5) is 8.78 Å². The quantitative estimate of drug-likeness (QED) is 0.334. The fraction of sp³-hybridized carbons (Fsp3) is 0.500. The third kappa shape index (κ3) is 6.63. The number of aliphatic imine (C=N–C) groups is 1. The molecule has 1 aromatic heterocycles. The minimum atomic E-state index is -2.61. The van der Waals surface area contributed by atoms with Gasteiger partial charge in [-0.25, -0.2) is 9.98 Å². The van der Waals surface area contributed by atoms with Crippen LogP contribution in [0, 0.1) is 0 Å². The highest BCUT2D eigenvalue weighted by atomic mass is 127. The minimum absolute atomic E-state index is 0. The molecule has 2 N–H and O–H groups in total. The Kier molecular flexibility index (Phi) is 9.28. The second kappa shape index (κ2) is 11.4. The number of rotatable bonds is 7. The Labute approximate surface area is 187 Å². The Morgan fingerprint density at radius 1 is 1.31 bits per heavy atom. The molecule has 1 saturated heterocycles. The number of benzene rings is 1. The summed E-state index contributed by atoms with van der Waals surface area (Å²) in [5.41, 5.74) is 1.30. The van der Waals surface area contributed by atoms with Crippen LogP contribution < -0.4 is 10.6 Å². The largest absolute Gasteiger partial charge is 0.357 e. The topological polar surface area (TPSA) is 57.5 Å². The van der Waals surface area contributed by atoms with E-state index in [0.717, 1.165) is 24.1 Å². The molecule has 1 aliphatic rings. The van der Waals surface area contributed by atoms with Crippen LogP contribution >= 0.6 is 24.0 Å². The van der Waals surface area contributed by atoms with E-state index in [9.17, 15) is 8.78 Å². The van der Waals surface area contributed by atoms with Crippen molar-refractivity contribution < 1.29 is 8.78 Å². The Balaban J connectivity index is 0.00000300. The lowest BCUT2D eigenvalue weighted by atomic mass is 10.2. The third-order valence-corrected chi connectivity index (χ3v) is 4.96. The van der Waals surface area contributed by atoms with Gasteiger partial charge in [0.1, 0.15) is 12.4 Å². The van der Waals surface area contributed by atoms with E-state index < -0.39 is 6.55 Å². The van der Waals surface area contributed by atoms with E-state index in [1.165, 1.54) is 18.0 Å². The maximum atomic E-state index is 13.0. The molecule has 2 atom stereocenters. The molecule has 3 rings (SSSR count). The second-order valence-corrected chi connectivity index (χ2v) is 7.06. The van der Waals surface area contributed by atoms with Crippen molar-refractivity contribution in [1.29, 1.82) is 0 Å². The predicted molar refractivity (Wildman–Crippen MR) is 122 cm³/mol. The van der Waals surface area contributed by atoms with E-state index in [1.54, 1.807) is 0 Å². The molecule has 0 saturated carbocycles. The molecular weight excluding hydrogens is 489 g/mol. The summed E-state index contributed by atoms with van der Waals surface area (Å²) in [6.07, 6.45) is 3.65. The lowest BCUT2D eigenvalue weighted by Gasteiger charge is -2.21. The van der Waals surface area contributed by atoms with Crippen LogP contribution in [0.25, 0.3) is 0 Å². The van der Waals surface area contributed by atoms with Crippen LogP contribution in [-0.4, -0.2) is 45.6 Å². The average Bonchev–Trinajstić information content (AvgIpc) is 3.28. The molecule has 6 nitrogen and oxygen atoms in total. The van der Waals surface area contributed by atoms with Crippen molar-refractivity contribution in [3.63, 3.8) is 0 Å². The van der Waals surface area contributed by atoms with Crippen molar-refractivity contribution in [2.75, 3.05) is 13.1 Å². The first kappa shape index (κ1) is 23.5. The van der Waals surface area contributed by atoms with Gasteiger partial charge >= 0.3 is 6.55 Å². The standard InChI is InChI=1S/C20H28F2N6.HI/c1-3-23-20(25-12-18-24-9-10-28(18)19(21)22)26-17-11-15(2)27(14-17)13-16-7-5-4-6-8-16;/h4-10,15,17,19H,3,11-14H2,1-2H3,(H2,23,25,26);1H. The zero-order chi connectivity index (χ0) is 19.9. The van der Waals surface area contributed by atoms with Crippen molar-refractivity contribution in [3.8, 4) is 0 Å². The number of hydrogen-bond acceptors (Lipinski definition) is 3. The van der Waals surface area contributed by atoms with Crippen LogP contribution in [0.2, 0.25) is 0 Å². The van der Waals surface area contributed by atoms with Crippen LogP contribution in [0.15, 0.2) is 47.7 Å². The molecule has 2 unspecified atom stereocenters. The highest BCUT2D eigenvalue weighted by Gasteiger charge is 2.29. The van der Waals surface area contributed by atoms with Crippen LogP contribution in [0.3, 0.4) is 0 Å². The van der Waals surface area contributed by atoms with Crippen molar-refractivity contribution >= 4 is 29.9 Å².